The van der Waals surface area contributed by atoms with Gasteiger partial charge in [-0.15, -0.1) is 0 Å². The van der Waals surface area contributed by atoms with Gasteiger partial charge in [-0.2, -0.15) is 0 Å². The highest BCUT2D eigenvalue weighted by Gasteiger charge is 2.34. The fourth-order valence-electron chi connectivity index (χ4n) is 3.15. The van der Waals surface area contributed by atoms with Crippen molar-refractivity contribution in [1.82, 2.24) is 10.2 Å². The van der Waals surface area contributed by atoms with Gasteiger partial charge in [0.1, 0.15) is 11.4 Å². The minimum Gasteiger partial charge on any atom is -0.496 e. The quantitative estimate of drug-likeness (QED) is 0.705. The molecule has 0 spiro atoms. The van der Waals surface area contributed by atoms with Crippen LogP contribution in [0.5, 0.6) is 5.75 Å². The third-order valence-corrected chi connectivity index (χ3v) is 4.42. The molecule has 8 nitrogen and oxygen atoms in total. The highest BCUT2D eigenvalue weighted by atomic mass is 16.6. The summed E-state index contributed by atoms with van der Waals surface area (Å²) in [6.07, 6.45) is -2.35. The molecule has 156 valence electrons. The predicted octanol–water partition coefficient (Wildman–Crippen LogP) is 1.09. The van der Waals surface area contributed by atoms with E-state index in [9.17, 15) is 19.8 Å². The van der Waals surface area contributed by atoms with Gasteiger partial charge in [-0.05, 0) is 33.3 Å². The molecule has 28 heavy (non-hydrogen) atoms. The number of ether oxygens (including phenoxy) is 2. The molecule has 0 radical (unpaired) electrons. The molecule has 1 aromatic rings. The van der Waals surface area contributed by atoms with E-state index >= 15 is 0 Å². The molecule has 3 N–H and O–H groups in total. The van der Waals surface area contributed by atoms with Crippen LogP contribution in [0, 0.1) is 0 Å². The number of benzene rings is 1. The molecule has 8 heteroatoms. The molecule has 0 bridgehead atoms. The number of methoxy groups -OCH3 is 1. The van der Waals surface area contributed by atoms with Crippen LogP contribution in [0.1, 0.15) is 32.8 Å². The monoisotopic (exact) mass is 394 g/mol. The summed E-state index contributed by atoms with van der Waals surface area (Å²) in [7, 11) is 1.54. The smallest absolute Gasteiger partial charge is 0.407 e. The number of carbonyl (C=O) groups is 2. The van der Waals surface area contributed by atoms with Gasteiger partial charge < -0.3 is 29.9 Å². The number of hydrogen-bond donors (Lipinski definition) is 3. The number of likely N-dealkylation sites (tertiary alicyclic amines) is 1. The van der Waals surface area contributed by atoms with Crippen LogP contribution < -0.4 is 10.1 Å². The lowest BCUT2D eigenvalue weighted by Gasteiger charge is -2.27. The summed E-state index contributed by atoms with van der Waals surface area (Å²) < 4.78 is 10.5. The van der Waals surface area contributed by atoms with Crippen molar-refractivity contribution in [2.24, 2.45) is 0 Å². The summed E-state index contributed by atoms with van der Waals surface area (Å²) in [6, 6.07) is 6.50. The highest BCUT2D eigenvalue weighted by molar-refractivity contribution is 5.79. The van der Waals surface area contributed by atoms with Gasteiger partial charge in [0.25, 0.3) is 0 Å². The molecule has 2 rings (SSSR count). The minimum absolute atomic E-state index is 0.00546. The molecule has 1 heterocycles. The third-order valence-electron chi connectivity index (χ3n) is 4.42. The number of β-amino-alcohol motifs (C(OH)–C–C–N with tert-alkyl or cyclic N) is 2. The van der Waals surface area contributed by atoms with Crippen LogP contribution in [-0.2, 0) is 16.0 Å². The number of nitrogens with one attached hydrogen (secondary N) is 1. The first-order valence-electron chi connectivity index (χ1n) is 9.34. The van der Waals surface area contributed by atoms with Crippen molar-refractivity contribution in [1.29, 1.82) is 0 Å². The van der Waals surface area contributed by atoms with Gasteiger partial charge >= 0.3 is 6.09 Å². The molecule has 2 amide bonds. The molecule has 1 aliphatic heterocycles. The fourth-order valence-corrected chi connectivity index (χ4v) is 3.15. The van der Waals surface area contributed by atoms with E-state index in [0.717, 1.165) is 5.56 Å². The van der Waals surface area contributed by atoms with Gasteiger partial charge in [-0.3, -0.25) is 4.79 Å². The maximum Gasteiger partial charge on any atom is 0.407 e. The lowest BCUT2D eigenvalue weighted by Crippen LogP contribution is -2.48. The Bertz CT molecular complexity index is 688. The number of para-hydroxylation sites is 1. The Labute approximate surface area is 165 Å². The molecule has 1 aliphatic rings. The number of carbonyl (C=O) groups excluding carboxylic acids is 2. The molecule has 1 fully saturated rings. The summed E-state index contributed by atoms with van der Waals surface area (Å²) in [5, 5.41) is 23.4. The van der Waals surface area contributed by atoms with Crippen molar-refractivity contribution in [2.45, 2.75) is 57.5 Å². The van der Waals surface area contributed by atoms with Crippen LogP contribution in [0.25, 0.3) is 0 Å². The summed E-state index contributed by atoms with van der Waals surface area (Å²) in [5.41, 5.74) is 0.0569. The average molecular weight is 394 g/mol. The summed E-state index contributed by atoms with van der Waals surface area (Å²) in [5.74, 6) is 0.372. The average Bonchev–Trinajstić information content (AvgIpc) is 2.72. The highest BCUT2D eigenvalue weighted by Crippen LogP contribution is 2.20. The van der Waals surface area contributed by atoms with Crippen molar-refractivity contribution in [3.05, 3.63) is 29.8 Å². The molecule has 0 saturated carbocycles. The molecule has 1 aromatic carbocycles. The Morgan fingerprint density at radius 3 is 2.54 bits per heavy atom. The number of alkyl carbamates (subject to hydrolysis) is 1. The molecular formula is C20H30N2O6. The van der Waals surface area contributed by atoms with Crippen LogP contribution in [0.2, 0.25) is 0 Å². The molecule has 3 atom stereocenters. The van der Waals surface area contributed by atoms with Crippen molar-refractivity contribution >= 4 is 12.0 Å². The van der Waals surface area contributed by atoms with E-state index in [0.29, 0.717) is 5.75 Å². The zero-order valence-electron chi connectivity index (χ0n) is 16.8. The van der Waals surface area contributed by atoms with E-state index in [4.69, 9.17) is 9.47 Å². The second kappa shape index (κ2) is 9.25. The van der Waals surface area contributed by atoms with E-state index in [1.165, 1.54) is 12.0 Å². The molecular weight excluding hydrogens is 364 g/mol. The van der Waals surface area contributed by atoms with Crippen LogP contribution >= 0.6 is 0 Å². The Balaban J connectivity index is 2.03. The summed E-state index contributed by atoms with van der Waals surface area (Å²) in [4.78, 5) is 26.1. The van der Waals surface area contributed by atoms with Crippen LogP contribution in [-0.4, -0.2) is 71.2 Å². The lowest BCUT2D eigenvalue weighted by atomic mass is 10.1. The van der Waals surface area contributed by atoms with Gasteiger partial charge in [-0.25, -0.2) is 4.79 Å². The topological polar surface area (TPSA) is 108 Å². The van der Waals surface area contributed by atoms with E-state index in [1.807, 2.05) is 12.1 Å². The van der Waals surface area contributed by atoms with Gasteiger partial charge in [0.2, 0.25) is 5.91 Å². The molecule has 0 aromatic heterocycles. The number of aliphatic hydroxyl groups excluding tert-OH is 2. The van der Waals surface area contributed by atoms with E-state index in [2.05, 4.69) is 5.32 Å². The number of aliphatic hydroxyl groups is 2. The van der Waals surface area contributed by atoms with Gasteiger partial charge in [-0.1, -0.05) is 18.2 Å². The van der Waals surface area contributed by atoms with Crippen LogP contribution in [0.3, 0.4) is 0 Å². The Hall–Kier alpha value is -2.32. The maximum absolute atomic E-state index is 12.7. The first-order valence-corrected chi connectivity index (χ1v) is 9.34. The second-order valence-electron chi connectivity index (χ2n) is 8.00. The maximum atomic E-state index is 12.7. The van der Waals surface area contributed by atoms with E-state index < -0.39 is 29.9 Å². The number of amides is 2. The van der Waals surface area contributed by atoms with Gasteiger partial charge in [0, 0.05) is 18.7 Å². The summed E-state index contributed by atoms with van der Waals surface area (Å²) in [6.45, 7) is 5.30. The number of nitrogens with zero attached hydrogens (tertiary/aromatic N) is 1. The van der Waals surface area contributed by atoms with E-state index in [-0.39, 0.29) is 31.8 Å². The van der Waals surface area contributed by atoms with E-state index in [1.54, 1.807) is 32.9 Å². The normalized spacial score (nSPS) is 22.9. The van der Waals surface area contributed by atoms with Crippen LogP contribution in [0.4, 0.5) is 4.79 Å². The van der Waals surface area contributed by atoms with Crippen LogP contribution in [0.15, 0.2) is 24.3 Å². The van der Waals surface area contributed by atoms with Gasteiger partial charge in [0.05, 0.1) is 31.8 Å². The second-order valence-corrected chi connectivity index (χ2v) is 8.00. The third kappa shape index (κ3) is 6.38. The predicted molar refractivity (Wildman–Crippen MR) is 103 cm³/mol. The lowest BCUT2D eigenvalue weighted by molar-refractivity contribution is -0.132. The molecule has 1 saturated heterocycles. The first kappa shape index (κ1) is 22.0. The summed E-state index contributed by atoms with van der Waals surface area (Å²) >= 11 is 0. The Morgan fingerprint density at radius 2 is 1.89 bits per heavy atom. The van der Waals surface area contributed by atoms with Gasteiger partial charge in [0.15, 0.2) is 0 Å². The van der Waals surface area contributed by atoms with Crippen molar-refractivity contribution < 1.29 is 29.3 Å². The number of hydrogen-bond acceptors (Lipinski definition) is 6. The Morgan fingerprint density at radius 1 is 1.21 bits per heavy atom. The standard InChI is InChI=1S/C20H30N2O6/c1-20(2,3)28-19(26)21-15-10-14(23)11-22(12-16(15)24)18(25)9-13-7-5-6-8-17(13)27-4/h5-8,14-16,23-24H,9-12H2,1-4H3,(H,21,26)/t14-,15-,16-/m1/s1. The molecule has 0 aliphatic carbocycles. The zero-order valence-corrected chi connectivity index (χ0v) is 16.8. The van der Waals surface area contributed by atoms with Crippen molar-refractivity contribution in [3.8, 4) is 5.75 Å². The Kier molecular flexibility index (Phi) is 7.26. The first-order chi connectivity index (χ1) is 13.1. The molecule has 0 unspecified atom stereocenters. The SMILES string of the molecule is COc1ccccc1CC(=O)N1C[C@H](O)C[C@@H](NC(=O)OC(C)(C)C)[C@H](O)C1. The fraction of sp³-hybridized carbons (Fsp3) is 0.600. The van der Waals surface area contributed by atoms with Crippen molar-refractivity contribution in [2.75, 3.05) is 20.2 Å². The zero-order chi connectivity index (χ0) is 20.9. The largest absolute Gasteiger partial charge is 0.496 e. The number of rotatable bonds is 4. The van der Waals surface area contributed by atoms with Crippen molar-refractivity contribution in [3.63, 3.8) is 0 Å². The minimum atomic E-state index is -1.02.